The molecule has 0 saturated heterocycles. The number of hydrogen-bond donors (Lipinski definition) is 0. The third kappa shape index (κ3) is 5.00. The Balaban J connectivity index is 1.27. The van der Waals surface area contributed by atoms with Gasteiger partial charge in [-0.05, 0) is 111 Å². The van der Waals surface area contributed by atoms with Crippen LogP contribution in [0.4, 0.5) is 0 Å². The summed E-state index contributed by atoms with van der Waals surface area (Å²) >= 11 is 0. The number of rotatable bonds is 5. The van der Waals surface area contributed by atoms with Gasteiger partial charge >= 0.3 is 0 Å². The molecular formula is C52H34. The van der Waals surface area contributed by atoms with E-state index >= 15 is 0 Å². The SMILES string of the molecule is c1ccc(-c2ccc(-c3ccc(-c4c5ccccc5c(-c5ccccc5)c5ccccc45)cc3-c3cc4ccccc4c4ccccc34)cc2)cc1. The van der Waals surface area contributed by atoms with Crippen molar-refractivity contribution >= 4 is 43.1 Å². The first-order valence-corrected chi connectivity index (χ1v) is 18.0. The normalized spacial score (nSPS) is 11.5. The fraction of sp³-hybridized carbons (Fsp3) is 0. The molecule has 0 aromatic heterocycles. The van der Waals surface area contributed by atoms with Crippen LogP contribution in [0, 0.1) is 0 Å². The molecular weight excluding hydrogens is 625 g/mol. The third-order valence-corrected chi connectivity index (χ3v) is 10.7. The molecule has 0 nitrogen and oxygen atoms in total. The molecule has 242 valence electrons. The van der Waals surface area contributed by atoms with Crippen LogP contribution in [-0.2, 0) is 0 Å². The summed E-state index contributed by atoms with van der Waals surface area (Å²) in [6.45, 7) is 0. The maximum absolute atomic E-state index is 2.45. The fourth-order valence-corrected chi connectivity index (χ4v) is 8.28. The topological polar surface area (TPSA) is 0 Å². The molecule has 0 aliphatic heterocycles. The van der Waals surface area contributed by atoms with Gasteiger partial charge in [-0.3, -0.25) is 0 Å². The van der Waals surface area contributed by atoms with E-state index in [1.807, 2.05) is 0 Å². The molecule has 0 aliphatic rings. The first kappa shape index (κ1) is 30.1. The molecule has 0 atom stereocenters. The maximum Gasteiger partial charge on any atom is -0.00261 e. The van der Waals surface area contributed by atoms with Gasteiger partial charge in [-0.2, -0.15) is 0 Å². The zero-order valence-corrected chi connectivity index (χ0v) is 28.6. The van der Waals surface area contributed by atoms with Crippen molar-refractivity contribution in [1.29, 1.82) is 0 Å². The van der Waals surface area contributed by atoms with Crippen LogP contribution in [-0.4, -0.2) is 0 Å². The Morgan fingerprint density at radius 3 is 1.23 bits per heavy atom. The van der Waals surface area contributed by atoms with E-state index in [0.717, 1.165) is 0 Å². The van der Waals surface area contributed by atoms with Crippen molar-refractivity contribution < 1.29 is 0 Å². The highest BCUT2D eigenvalue weighted by Crippen LogP contribution is 2.47. The highest BCUT2D eigenvalue weighted by Gasteiger charge is 2.19. The summed E-state index contributed by atoms with van der Waals surface area (Å²) in [4.78, 5) is 0. The molecule has 0 bridgehead atoms. The zero-order valence-electron chi connectivity index (χ0n) is 28.6. The largest absolute Gasteiger partial charge is 0.0622 e. The second-order valence-corrected chi connectivity index (χ2v) is 13.6. The zero-order chi connectivity index (χ0) is 34.4. The van der Waals surface area contributed by atoms with Crippen LogP contribution in [0.25, 0.3) is 98.7 Å². The minimum Gasteiger partial charge on any atom is -0.0622 e. The van der Waals surface area contributed by atoms with Crippen molar-refractivity contribution in [2.45, 2.75) is 0 Å². The van der Waals surface area contributed by atoms with E-state index in [9.17, 15) is 0 Å². The van der Waals surface area contributed by atoms with Crippen molar-refractivity contribution in [2.75, 3.05) is 0 Å². The molecule has 0 fully saturated rings. The quantitative estimate of drug-likeness (QED) is 0.128. The van der Waals surface area contributed by atoms with Crippen molar-refractivity contribution in [1.82, 2.24) is 0 Å². The van der Waals surface area contributed by atoms with Gasteiger partial charge in [0.05, 0.1) is 0 Å². The Hall–Kier alpha value is -6.76. The summed E-state index contributed by atoms with van der Waals surface area (Å²) in [6.07, 6.45) is 0. The molecule has 0 spiro atoms. The van der Waals surface area contributed by atoms with Gasteiger partial charge in [0.1, 0.15) is 0 Å². The van der Waals surface area contributed by atoms with Crippen LogP contribution in [0.15, 0.2) is 206 Å². The van der Waals surface area contributed by atoms with Crippen molar-refractivity contribution in [3.8, 4) is 55.6 Å². The molecule has 0 radical (unpaired) electrons. The summed E-state index contributed by atoms with van der Waals surface area (Å²) in [5.74, 6) is 0. The summed E-state index contributed by atoms with van der Waals surface area (Å²) in [5.41, 5.74) is 12.3. The monoisotopic (exact) mass is 658 g/mol. The minimum atomic E-state index is 1.20. The summed E-state index contributed by atoms with van der Waals surface area (Å²) in [5, 5.41) is 10.1. The van der Waals surface area contributed by atoms with Gasteiger partial charge < -0.3 is 0 Å². The molecule has 0 heterocycles. The molecule has 0 unspecified atom stereocenters. The van der Waals surface area contributed by atoms with E-state index in [2.05, 4.69) is 206 Å². The van der Waals surface area contributed by atoms with Gasteiger partial charge in [-0.15, -0.1) is 0 Å². The molecule has 0 N–H and O–H groups in total. The van der Waals surface area contributed by atoms with Crippen LogP contribution in [0.3, 0.4) is 0 Å². The predicted octanol–water partition coefficient (Wildman–Crippen LogP) is 14.6. The van der Waals surface area contributed by atoms with E-state index < -0.39 is 0 Å². The third-order valence-electron chi connectivity index (χ3n) is 10.7. The molecule has 10 aromatic rings. The Bertz CT molecular complexity index is 2860. The predicted molar refractivity (Wildman–Crippen MR) is 224 cm³/mol. The Kier molecular flexibility index (Phi) is 7.25. The molecule has 0 amide bonds. The summed E-state index contributed by atoms with van der Waals surface area (Å²) in [6, 6.07) is 75.6. The number of fused-ring (bicyclic) bond motifs is 5. The lowest BCUT2D eigenvalue weighted by molar-refractivity contribution is 1.58. The van der Waals surface area contributed by atoms with E-state index in [1.54, 1.807) is 0 Å². The average Bonchev–Trinajstić information content (AvgIpc) is 3.23. The van der Waals surface area contributed by atoms with Crippen molar-refractivity contribution in [3.63, 3.8) is 0 Å². The second-order valence-electron chi connectivity index (χ2n) is 13.6. The van der Waals surface area contributed by atoms with Gasteiger partial charge in [-0.1, -0.05) is 194 Å². The van der Waals surface area contributed by atoms with Gasteiger partial charge in [0, 0.05) is 0 Å². The van der Waals surface area contributed by atoms with Gasteiger partial charge in [-0.25, -0.2) is 0 Å². The first-order valence-electron chi connectivity index (χ1n) is 18.0. The molecule has 0 saturated carbocycles. The van der Waals surface area contributed by atoms with E-state index in [4.69, 9.17) is 0 Å². The Morgan fingerprint density at radius 1 is 0.192 bits per heavy atom. The van der Waals surface area contributed by atoms with Gasteiger partial charge in [0.2, 0.25) is 0 Å². The van der Waals surface area contributed by atoms with E-state index in [1.165, 1.54) is 98.7 Å². The average molecular weight is 659 g/mol. The summed E-state index contributed by atoms with van der Waals surface area (Å²) < 4.78 is 0. The number of benzene rings is 10. The standard InChI is InChI=1S/C52H34/c1-3-15-35(16-4-1)36-27-29-37(30-28-36)42-32-31-40(34-49(42)50-33-39-19-7-8-20-41(39)43-21-9-10-22-44(43)50)52-47-25-13-11-23-45(47)51(38-17-5-2-6-18-38)46-24-12-14-26-48(46)52/h1-34H. The van der Waals surface area contributed by atoms with Gasteiger partial charge in [0.15, 0.2) is 0 Å². The van der Waals surface area contributed by atoms with Crippen LogP contribution >= 0.6 is 0 Å². The Labute approximate surface area is 303 Å². The second kappa shape index (κ2) is 12.5. The number of hydrogen-bond acceptors (Lipinski definition) is 0. The lowest BCUT2D eigenvalue weighted by atomic mass is 9.83. The summed E-state index contributed by atoms with van der Waals surface area (Å²) in [7, 11) is 0. The molecule has 10 rings (SSSR count). The van der Waals surface area contributed by atoms with Crippen molar-refractivity contribution in [3.05, 3.63) is 206 Å². The van der Waals surface area contributed by atoms with Crippen LogP contribution in [0.5, 0.6) is 0 Å². The maximum atomic E-state index is 2.45. The van der Waals surface area contributed by atoms with E-state index in [0.29, 0.717) is 0 Å². The smallest absolute Gasteiger partial charge is 0.00261 e. The lowest BCUT2D eigenvalue weighted by Gasteiger charge is -2.20. The minimum absolute atomic E-state index is 1.20. The highest BCUT2D eigenvalue weighted by molar-refractivity contribution is 6.22. The highest BCUT2D eigenvalue weighted by atomic mass is 14.2. The Morgan fingerprint density at radius 2 is 0.615 bits per heavy atom. The first-order chi connectivity index (χ1) is 25.8. The fourth-order valence-electron chi connectivity index (χ4n) is 8.28. The van der Waals surface area contributed by atoms with E-state index in [-0.39, 0.29) is 0 Å². The van der Waals surface area contributed by atoms with Crippen LogP contribution in [0.2, 0.25) is 0 Å². The molecule has 52 heavy (non-hydrogen) atoms. The van der Waals surface area contributed by atoms with Crippen molar-refractivity contribution in [2.24, 2.45) is 0 Å². The molecule has 0 heteroatoms. The van der Waals surface area contributed by atoms with Crippen LogP contribution in [0.1, 0.15) is 0 Å². The van der Waals surface area contributed by atoms with Crippen LogP contribution < -0.4 is 0 Å². The lowest BCUT2D eigenvalue weighted by Crippen LogP contribution is -1.93. The molecule has 10 aromatic carbocycles. The van der Waals surface area contributed by atoms with Gasteiger partial charge in [0.25, 0.3) is 0 Å². The molecule has 0 aliphatic carbocycles.